The molecule has 6 aromatic carbocycles. The van der Waals surface area contributed by atoms with Gasteiger partial charge in [0.15, 0.2) is 0 Å². The van der Waals surface area contributed by atoms with Gasteiger partial charge in [-0.15, -0.1) is 0 Å². The predicted octanol–water partition coefficient (Wildman–Crippen LogP) is 12.2. The Hall–Kier alpha value is -8.63. The van der Waals surface area contributed by atoms with Crippen molar-refractivity contribution in [1.82, 2.24) is 10.6 Å². The number of carbonyl (C=O) groups is 11. The van der Waals surface area contributed by atoms with Crippen molar-refractivity contribution < 1.29 is 111 Å². The number of esters is 9. The Bertz CT molecular complexity index is 3750. The molecule has 2 amide bonds. The summed E-state index contributed by atoms with van der Waals surface area (Å²) in [6.07, 6.45) is 1.94. The van der Waals surface area contributed by atoms with Crippen LogP contribution in [0.3, 0.4) is 0 Å². The van der Waals surface area contributed by atoms with Crippen LogP contribution in [0, 0.1) is 40.4 Å². The van der Waals surface area contributed by atoms with E-state index < -0.39 is 40.9 Å². The standard InChI is InChI=1S/C24H23NO3.C18H20O4.2C17H30O7S.C7H15NO2/c1-3-15(2)23(26)25-13-14-28-24(27)20-12-10-18-8-7-16-5-4-6-17-9-11-19(20)22(18)21(16)17;1-3-13(2)17(19)21-10-11-22-18(20)16-9-8-14-6-4-5-7-15(14)12-16;2*1-6-12(2)15(20)24-10-13(18)9-23-14(19)7-8-25-11-17(3,4)16(21)22-5;1-3-6(2)7(10)8-4-5-9/h4-12,15H,3,13-14H2,1-2H3,(H,25,26);4-9,12-13H,3,10-11H2,1-2H3;2*12-13,18H,6-11H2,1-5H3;6,9H,3-5H2,1-2H3,(H,8,10). The highest BCUT2D eigenvalue weighted by molar-refractivity contribution is 7.99. The third-order valence-corrected chi connectivity index (χ3v) is 20.4. The molecule has 0 aliphatic carbocycles. The number of methoxy groups -OCH3 is 2. The molecule has 0 saturated carbocycles. The molecule has 25 nitrogen and oxygen atoms in total. The number of fused-ring (bicyclic) bond motifs is 1. The third-order valence-electron chi connectivity index (χ3n) is 17.5. The summed E-state index contributed by atoms with van der Waals surface area (Å²) >= 11 is 2.91. The molecule has 110 heavy (non-hydrogen) atoms. The van der Waals surface area contributed by atoms with Gasteiger partial charge in [0.2, 0.25) is 11.8 Å². The van der Waals surface area contributed by atoms with E-state index in [-0.39, 0.29) is 143 Å². The second-order valence-electron chi connectivity index (χ2n) is 27.6. The van der Waals surface area contributed by atoms with Crippen molar-refractivity contribution in [1.29, 1.82) is 0 Å². The smallest absolute Gasteiger partial charge is 0.338 e. The van der Waals surface area contributed by atoms with Crippen LogP contribution in [-0.2, 0) is 85.8 Å². The Morgan fingerprint density at radius 3 is 1.28 bits per heavy atom. The second-order valence-corrected chi connectivity index (χ2v) is 29.8. The largest absolute Gasteiger partial charge is 0.469 e. The summed E-state index contributed by atoms with van der Waals surface area (Å²) in [5.41, 5.74) is -0.177. The lowest BCUT2D eigenvalue weighted by Gasteiger charge is -2.20. The number of aliphatic hydroxyl groups is 3. The minimum Gasteiger partial charge on any atom is -0.469 e. The van der Waals surface area contributed by atoms with E-state index in [1.165, 1.54) is 43.1 Å². The number of amides is 2. The van der Waals surface area contributed by atoms with Crippen LogP contribution >= 0.6 is 23.5 Å². The van der Waals surface area contributed by atoms with Crippen molar-refractivity contribution in [3.8, 4) is 0 Å². The molecule has 6 aromatic rings. The number of benzene rings is 6. The first-order valence-corrected chi connectivity index (χ1v) is 39.7. The van der Waals surface area contributed by atoms with E-state index in [9.17, 15) is 63.0 Å². The van der Waals surface area contributed by atoms with Crippen LogP contribution in [0.25, 0.3) is 43.1 Å². The van der Waals surface area contributed by atoms with Crippen LogP contribution in [0.4, 0.5) is 0 Å². The number of hydrogen-bond acceptors (Lipinski definition) is 25. The summed E-state index contributed by atoms with van der Waals surface area (Å²) < 4.78 is 44.7. The summed E-state index contributed by atoms with van der Waals surface area (Å²) in [6, 6.07) is 31.5. The van der Waals surface area contributed by atoms with Crippen LogP contribution in [-0.4, -0.2) is 196 Å². The number of hydrogen-bond donors (Lipinski definition) is 5. The minimum absolute atomic E-state index is 0.0127. The number of nitrogens with one attached hydrogen (secondary N) is 2. The number of rotatable bonds is 40. The van der Waals surface area contributed by atoms with Gasteiger partial charge in [-0.2, -0.15) is 23.5 Å². The maximum atomic E-state index is 12.7. The Morgan fingerprint density at radius 2 is 0.818 bits per heavy atom. The number of ether oxygens (including phenoxy) is 9. The minimum atomic E-state index is -1.04. The maximum absolute atomic E-state index is 12.7. The van der Waals surface area contributed by atoms with Gasteiger partial charge in [0.25, 0.3) is 0 Å². The summed E-state index contributed by atoms with van der Waals surface area (Å²) in [4.78, 5) is 128. The topological polar surface area (TPSA) is 356 Å². The van der Waals surface area contributed by atoms with Gasteiger partial charge >= 0.3 is 53.7 Å². The van der Waals surface area contributed by atoms with Crippen LogP contribution in [0.5, 0.6) is 0 Å². The third kappa shape index (κ3) is 35.6. The first-order valence-electron chi connectivity index (χ1n) is 37.4. The molecule has 0 saturated heterocycles. The highest BCUT2D eigenvalue weighted by Gasteiger charge is 2.30. The van der Waals surface area contributed by atoms with E-state index in [0.29, 0.717) is 60.1 Å². The van der Waals surface area contributed by atoms with Gasteiger partial charge in [-0.25, -0.2) is 9.59 Å². The molecular formula is C83H118N2O23S2. The molecule has 7 atom stereocenters. The number of thioether (sulfide) groups is 2. The summed E-state index contributed by atoms with van der Waals surface area (Å²) in [6.45, 7) is 25.9. The van der Waals surface area contributed by atoms with E-state index in [2.05, 4.69) is 34.9 Å². The highest BCUT2D eigenvalue weighted by Crippen LogP contribution is 2.36. The highest BCUT2D eigenvalue weighted by atomic mass is 32.2. The molecule has 0 aliphatic rings. The van der Waals surface area contributed by atoms with E-state index >= 15 is 0 Å². The molecule has 27 heteroatoms. The average Bonchev–Trinajstić information content (AvgIpc) is 0.739. The molecule has 0 aliphatic heterocycles. The fraction of sp³-hybridized carbons (Fsp3) is 0.554. The van der Waals surface area contributed by atoms with Crippen molar-refractivity contribution in [2.75, 3.05) is 103 Å². The number of aliphatic hydroxyl groups excluding tert-OH is 3. The quantitative estimate of drug-likeness (QED) is 0.0103. The number of carbonyl (C=O) groups excluding carboxylic acids is 11. The fourth-order valence-corrected chi connectivity index (χ4v) is 11.6. The van der Waals surface area contributed by atoms with Gasteiger partial charge < -0.3 is 68.6 Å². The molecule has 7 unspecified atom stereocenters. The van der Waals surface area contributed by atoms with Crippen molar-refractivity contribution in [2.45, 2.75) is 154 Å². The van der Waals surface area contributed by atoms with E-state index in [1.54, 1.807) is 53.7 Å². The average molecular weight is 1580 g/mol. The van der Waals surface area contributed by atoms with Crippen LogP contribution in [0.1, 0.15) is 163 Å². The Morgan fingerprint density at radius 1 is 0.427 bits per heavy atom. The molecule has 0 heterocycles. The summed E-state index contributed by atoms with van der Waals surface area (Å²) in [5.74, 6) is -1.75. The van der Waals surface area contributed by atoms with Crippen molar-refractivity contribution in [2.24, 2.45) is 40.4 Å². The first-order chi connectivity index (χ1) is 52.2. The van der Waals surface area contributed by atoms with Crippen LogP contribution in [0.2, 0.25) is 0 Å². The Kier molecular flexibility index (Phi) is 46.5. The Labute approximate surface area is 656 Å². The second kappa shape index (κ2) is 52.5. The van der Waals surface area contributed by atoms with Crippen LogP contribution < -0.4 is 10.6 Å². The molecule has 0 bridgehead atoms. The first kappa shape index (κ1) is 97.4. The van der Waals surface area contributed by atoms with Gasteiger partial charge in [0.05, 0.1) is 79.9 Å². The van der Waals surface area contributed by atoms with Crippen molar-refractivity contribution >= 4 is 132 Å². The predicted molar refractivity (Wildman–Crippen MR) is 427 cm³/mol. The van der Waals surface area contributed by atoms with Crippen molar-refractivity contribution in [3.63, 3.8) is 0 Å². The SMILES string of the molecule is CCC(C)C(=O)NCCO.CCC(C)C(=O)NCCOC(=O)c1ccc2ccc3cccc4ccc1c2c34.CCC(C)C(=O)OCC(O)COC(=O)CCSCC(C)(C)C(=O)OC.CCC(C)C(=O)OCC(O)COC(=O)CCSCC(C)(C)C(=O)OC.CCC(C)C(=O)OCCOC(=O)c1ccc2ccccc2c1. The van der Waals surface area contributed by atoms with Crippen LogP contribution in [0.15, 0.2) is 97.1 Å². The van der Waals surface area contributed by atoms with Gasteiger partial charge in [0, 0.05) is 41.4 Å². The van der Waals surface area contributed by atoms with Gasteiger partial charge in [-0.05, 0) is 121 Å². The molecule has 0 fully saturated rings. The molecule has 6 rings (SSSR count). The summed E-state index contributed by atoms with van der Waals surface area (Å²) in [7, 11) is 2.69. The molecule has 610 valence electrons. The van der Waals surface area contributed by atoms with Gasteiger partial charge in [0.1, 0.15) is 58.5 Å². The fourth-order valence-electron chi connectivity index (χ4n) is 9.42. The Balaban J connectivity index is 0.000000479. The zero-order valence-corrected chi connectivity index (χ0v) is 68.6. The summed E-state index contributed by atoms with van der Waals surface area (Å²) in [5, 5.41) is 41.7. The zero-order chi connectivity index (χ0) is 82.5. The monoisotopic (exact) mass is 1570 g/mol. The lowest BCUT2D eigenvalue weighted by atomic mass is 9.92. The van der Waals surface area contributed by atoms with Gasteiger partial charge in [-0.3, -0.25) is 43.2 Å². The van der Waals surface area contributed by atoms with Gasteiger partial charge in [-0.1, -0.05) is 148 Å². The molecular weight excluding hydrogens is 1460 g/mol. The maximum Gasteiger partial charge on any atom is 0.338 e. The molecule has 0 spiro atoms. The van der Waals surface area contributed by atoms with E-state index in [1.807, 2.05) is 116 Å². The van der Waals surface area contributed by atoms with E-state index in [0.717, 1.165) is 57.0 Å². The molecule has 0 radical (unpaired) electrons. The van der Waals surface area contributed by atoms with Crippen molar-refractivity contribution in [3.05, 3.63) is 108 Å². The molecule has 5 N–H and O–H groups in total. The van der Waals surface area contributed by atoms with E-state index in [4.69, 9.17) is 47.7 Å². The lowest BCUT2D eigenvalue weighted by Crippen LogP contribution is -2.32. The normalized spacial score (nSPS) is 12.9. The zero-order valence-electron chi connectivity index (χ0n) is 67.0. The molecule has 0 aromatic heterocycles. The lowest BCUT2D eigenvalue weighted by molar-refractivity contribution is -0.156.